The summed E-state index contributed by atoms with van der Waals surface area (Å²) in [6, 6.07) is 11.9. The highest BCUT2D eigenvalue weighted by molar-refractivity contribution is 7.93. The molecule has 1 aliphatic rings. The Morgan fingerprint density at radius 2 is 1.90 bits per heavy atom. The summed E-state index contributed by atoms with van der Waals surface area (Å²) < 4.78 is 27.0. The number of anilines is 1. The van der Waals surface area contributed by atoms with Crippen molar-refractivity contribution < 1.29 is 13.5 Å². The van der Waals surface area contributed by atoms with Gasteiger partial charge in [0.2, 0.25) is 0 Å². The molecule has 2 aromatic carbocycles. The van der Waals surface area contributed by atoms with Gasteiger partial charge in [0.1, 0.15) is 10.6 Å². The minimum Gasteiger partial charge on any atom is -0.507 e. The molecule has 21 heavy (non-hydrogen) atoms. The largest absolute Gasteiger partial charge is 0.507 e. The van der Waals surface area contributed by atoms with Crippen LogP contribution in [-0.4, -0.2) is 20.1 Å². The molecule has 1 aliphatic heterocycles. The summed E-state index contributed by atoms with van der Waals surface area (Å²) in [4.78, 5) is -0.0431. The maximum Gasteiger partial charge on any atom is 0.268 e. The Labute approximate surface area is 124 Å². The van der Waals surface area contributed by atoms with E-state index in [4.69, 9.17) is 0 Å². The number of phenols is 1. The Bertz CT molecular complexity index is 784. The van der Waals surface area contributed by atoms with E-state index < -0.39 is 10.0 Å². The number of hydrogen-bond donors (Lipinski definition) is 1. The molecule has 0 amide bonds. The number of aryl methyl sites for hydroxylation is 2. The van der Waals surface area contributed by atoms with Crippen LogP contribution < -0.4 is 4.31 Å². The van der Waals surface area contributed by atoms with E-state index in [9.17, 15) is 13.5 Å². The first-order valence-electron chi connectivity index (χ1n) is 6.90. The standard InChI is InChI=1S/C16H17NO3S/c1-12-8-9-14-13(11-12)5-4-10-17(14)21(19,20)16-7-3-2-6-15(16)18/h2-3,6-9,11,18H,4-5,10H2,1H3. The molecule has 0 radical (unpaired) electrons. The normalized spacial score (nSPS) is 14.8. The molecule has 0 bridgehead atoms. The molecule has 2 aromatic rings. The molecule has 0 aromatic heterocycles. The lowest BCUT2D eigenvalue weighted by molar-refractivity contribution is 0.458. The third-order valence-corrected chi connectivity index (χ3v) is 5.60. The van der Waals surface area contributed by atoms with Crippen LogP contribution in [0.15, 0.2) is 47.4 Å². The number of hydrogen-bond acceptors (Lipinski definition) is 3. The van der Waals surface area contributed by atoms with Crippen LogP contribution in [-0.2, 0) is 16.4 Å². The lowest BCUT2D eigenvalue weighted by Gasteiger charge is -2.30. The van der Waals surface area contributed by atoms with Crippen molar-refractivity contribution in [1.29, 1.82) is 0 Å². The molecule has 1 N–H and O–H groups in total. The predicted molar refractivity (Wildman–Crippen MR) is 82.1 cm³/mol. The van der Waals surface area contributed by atoms with E-state index in [0.29, 0.717) is 6.54 Å². The Morgan fingerprint density at radius 1 is 1.14 bits per heavy atom. The fraction of sp³-hybridized carbons (Fsp3) is 0.250. The zero-order valence-electron chi connectivity index (χ0n) is 11.8. The van der Waals surface area contributed by atoms with Crippen molar-refractivity contribution >= 4 is 15.7 Å². The van der Waals surface area contributed by atoms with Gasteiger partial charge in [0, 0.05) is 6.54 Å². The van der Waals surface area contributed by atoms with E-state index in [1.54, 1.807) is 12.1 Å². The fourth-order valence-corrected chi connectivity index (χ4v) is 4.36. The van der Waals surface area contributed by atoms with Gasteiger partial charge in [-0.15, -0.1) is 0 Å². The van der Waals surface area contributed by atoms with Crippen molar-refractivity contribution in [1.82, 2.24) is 0 Å². The molecule has 0 saturated heterocycles. The van der Waals surface area contributed by atoms with Crippen LogP contribution in [0.5, 0.6) is 5.75 Å². The second-order valence-electron chi connectivity index (χ2n) is 5.28. The molecular weight excluding hydrogens is 286 g/mol. The SMILES string of the molecule is Cc1ccc2c(c1)CCCN2S(=O)(=O)c1ccccc1O. The number of nitrogens with zero attached hydrogens (tertiary/aromatic N) is 1. The van der Waals surface area contributed by atoms with Crippen LogP contribution in [0.1, 0.15) is 17.5 Å². The topological polar surface area (TPSA) is 57.6 Å². The minimum atomic E-state index is -3.74. The zero-order valence-corrected chi connectivity index (χ0v) is 12.6. The van der Waals surface area contributed by atoms with Gasteiger partial charge in [-0.3, -0.25) is 4.31 Å². The highest BCUT2D eigenvalue weighted by atomic mass is 32.2. The van der Waals surface area contributed by atoms with Gasteiger partial charge in [0.05, 0.1) is 5.69 Å². The van der Waals surface area contributed by atoms with Gasteiger partial charge < -0.3 is 5.11 Å². The Balaban J connectivity index is 2.12. The summed E-state index contributed by atoms with van der Waals surface area (Å²) in [7, 11) is -3.74. The Morgan fingerprint density at radius 3 is 2.67 bits per heavy atom. The van der Waals surface area contributed by atoms with Crippen molar-refractivity contribution in [3.05, 3.63) is 53.6 Å². The van der Waals surface area contributed by atoms with E-state index in [-0.39, 0.29) is 10.6 Å². The van der Waals surface area contributed by atoms with E-state index >= 15 is 0 Å². The summed E-state index contributed by atoms with van der Waals surface area (Å²) in [5, 5.41) is 9.86. The third-order valence-electron chi connectivity index (χ3n) is 3.74. The van der Waals surface area contributed by atoms with Crippen LogP contribution in [0.3, 0.4) is 0 Å². The van der Waals surface area contributed by atoms with Crippen molar-refractivity contribution in [3.8, 4) is 5.75 Å². The van der Waals surface area contributed by atoms with Crippen molar-refractivity contribution in [3.63, 3.8) is 0 Å². The predicted octanol–water partition coefficient (Wildman–Crippen LogP) is 2.84. The molecule has 5 heteroatoms. The van der Waals surface area contributed by atoms with E-state index in [0.717, 1.165) is 29.7 Å². The summed E-state index contributed by atoms with van der Waals surface area (Å²) in [6.45, 7) is 2.43. The summed E-state index contributed by atoms with van der Waals surface area (Å²) in [6.07, 6.45) is 1.66. The monoisotopic (exact) mass is 303 g/mol. The van der Waals surface area contributed by atoms with Gasteiger partial charge in [-0.05, 0) is 43.5 Å². The highest BCUT2D eigenvalue weighted by Gasteiger charge is 2.30. The molecule has 0 spiro atoms. The molecule has 110 valence electrons. The zero-order chi connectivity index (χ0) is 15.0. The number of phenolic OH excluding ortho intramolecular Hbond substituents is 1. The van der Waals surface area contributed by atoms with Crippen molar-refractivity contribution in [2.24, 2.45) is 0 Å². The number of aromatic hydroxyl groups is 1. The second kappa shape index (κ2) is 5.07. The van der Waals surface area contributed by atoms with E-state index in [1.165, 1.54) is 16.4 Å². The number of rotatable bonds is 2. The first-order chi connectivity index (χ1) is 10.00. The molecular formula is C16H17NO3S. The third kappa shape index (κ3) is 2.38. The summed E-state index contributed by atoms with van der Waals surface area (Å²) in [5.41, 5.74) is 2.88. The molecule has 3 rings (SSSR count). The quantitative estimate of drug-likeness (QED) is 0.928. The first kappa shape index (κ1) is 13.9. The first-order valence-corrected chi connectivity index (χ1v) is 8.34. The van der Waals surface area contributed by atoms with Gasteiger partial charge in [-0.1, -0.05) is 29.8 Å². The molecule has 0 unspecified atom stereocenters. The van der Waals surface area contributed by atoms with Crippen LogP contribution >= 0.6 is 0 Å². The lowest BCUT2D eigenvalue weighted by atomic mass is 10.0. The number of fused-ring (bicyclic) bond motifs is 1. The second-order valence-corrected chi connectivity index (χ2v) is 7.11. The molecule has 0 aliphatic carbocycles. The van der Waals surface area contributed by atoms with Crippen LogP contribution in [0.2, 0.25) is 0 Å². The average molecular weight is 303 g/mol. The lowest BCUT2D eigenvalue weighted by Crippen LogP contribution is -2.35. The molecule has 0 saturated carbocycles. The maximum absolute atomic E-state index is 12.8. The Kier molecular flexibility index (Phi) is 3.37. The minimum absolute atomic E-state index is 0.0431. The van der Waals surface area contributed by atoms with Gasteiger partial charge in [0.25, 0.3) is 10.0 Å². The fourth-order valence-electron chi connectivity index (χ4n) is 2.74. The van der Waals surface area contributed by atoms with Gasteiger partial charge in [0.15, 0.2) is 0 Å². The van der Waals surface area contributed by atoms with Gasteiger partial charge >= 0.3 is 0 Å². The average Bonchev–Trinajstić information content (AvgIpc) is 2.46. The smallest absolute Gasteiger partial charge is 0.268 e. The summed E-state index contributed by atoms with van der Waals surface area (Å²) >= 11 is 0. The van der Waals surface area contributed by atoms with E-state index in [2.05, 4.69) is 0 Å². The maximum atomic E-state index is 12.8. The summed E-state index contributed by atoms with van der Waals surface area (Å²) in [5.74, 6) is -0.211. The molecule has 1 heterocycles. The van der Waals surface area contributed by atoms with Crippen LogP contribution in [0.25, 0.3) is 0 Å². The number of benzene rings is 2. The van der Waals surface area contributed by atoms with Crippen LogP contribution in [0.4, 0.5) is 5.69 Å². The van der Waals surface area contributed by atoms with Gasteiger partial charge in [-0.2, -0.15) is 0 Å². The van der Waals surface area contributed by atoms with Gasteiger partial charge in [-0.25, -0.2) is 8.42 Å². The van der Waals surface area contributed by atoms with E-state index in [1.807, 2.05) is 25.1 Å². The Hall–Kier alpha value is -2.01. The van der Waals surface area contributed by atoms with Crippen molar-refractivity contribution in [2.45, 2.75) is 24.7 Å². The molecule has 0 atom stereocenters. The number of sulfonamides is 1. The molecule has 4 nitrogen and oxygen atoms in total. The highest BCUT2D eigenvalue weighted by Crippen LogP contribution is 2.34. The molecule has 0 fully saturated rings. The number of para-hydroxylation sites is 1. The van der Waals surface area contributed by atoms with Crippen LogP contribution in [0, 0.1) is 6.92 Å². The van der Waals surface area contributed by atoms with Crippen molar-refractivity contribution in [2.75, 3.05) is 10.8 Å².